The molecule has 1 atom stereocenters. The first-order valence-electron chi connectivity index (χ1n) is 9.43. The van der Waals surface area contributed by atoms with Crippen LogP contribution in [-0.2, 0) is 6.42 Å². The molecule has 2 aromatic rings. The highest BCUT2D eigenvalue weighted by atomic mass is 19.1. The molecule has 0 aliphatic carbocycles. The van der Waals surface area contributed by atoms with Crippen LogP contribution < -0.4 is 10.2 Å². The van der Waals surface area contributed by atoms with Crippen LogP contribution >= 0.6 is 0 Å². The van der Waals surface area contributed by atoms with Gasteiger partial charge in [0.2, 0.25) is 0 Å². The van der Waals surface area contributed by atoms with Crippen molar-refractivity contribution in [3.8, 4) is 0 Å². The highest BCUT2D eigenvalue weighted by Crippen LogP contribution is 2.25. The van der Waals surface area contributed by atoms with E-state index < -0.39 is 0 Å². The van der Waals surface area contributed by atoms with Crippen LogP contribution in [0.5, 0.6) is 0 Å². The Morgan fingerprint density at radius 2 is 2.12 bits per heavy atom. The summed E-state index contributed by atoms with van der Waals surface area (Å²) in [4.78, 5) is 19.0. The smallest absolute Gasteiger partial charge is 0.269 e. The lowest BCUT2D eigenvalue weighted by Gasteiger charge is -2.37. The maximum atomic E-state index is 13.6. The van der Waals surface area contributed by atoms with E-state index in [1.54, 1.807) is 30.5 Å². The van der Waals surface area contributed by atoms with Crippen LogP contribution in [-0.4, -0.2) is 30.0 Å². The number of pyridine rings is 1. The van der Waals surface area contributed by atoms with Crippen LogP contribution in [0, 0.1) is 5.82 Å². The van der Waals surface area contributed by atoms with Crippen molar-refractivity contribution in [2.45, 2.75) is 45.1 Å². The molecule has 1 fully saturated rings. The van der Waals surface area contributed by atoms with E-state index in [4.69, 9.17) is 0 Å². The number of hydrogen-bond donors (Lipinski definition) is 1. The van der Waals surface area contributed by atoms with E-state index in [1.807, 2.05) is 6.07 Å². The van der Waals surface area contributed by atoms with E-state index in [1.165, 1.54) is 25.3 Å². The number of nitrogens with zero attached hydrogens (tertiary/aromatic N) is 2. The fourth-order valence-electron chi connectivity index (χ4n) is 3.56. The number of hydrogen-bond acceptors (Lipinski definition) is 3. The minimum Gasteiger partial charge on any atom is -0.367 e. The molecule has 1 aliphatic heterocycles. The van der Waals surface area contributed by atoms with Gasteiger partial charge < -0.3 is 10.2 Å². The van der Waals surface area contributed by atoms with E-state index in [2.05, 4.69) is 22.1 Å². The SMILES string of the molecule is CCC1CCCCN1c1ccc(C(=O)NCCc2ccccc2F)nc1. The summed E-state index contributed by atoms with van der Waals surface area (Å²) in [6.45, 7) is 3.65. The van der Waals surface area contributed by atoms with E-state index in [0.29, 0.717) is 30.3 Å². The van der Waals surface area contributed by atoms with Gasteiger partial charge in [0.25, 0.3) is 5.91 Å². The molecule has 2 heterocycles. The summed E-state index contributed by atoms with van der Waals surface area (Å²) >= 11 is 0. The van der Waals surface area contributed by atoms with Gasteiger partial charge in [-0.15, -0.1) is 0 Å². The number of amides is 1. The highest BCUT2D eigenvalue weighted by Gasteiger charge is 2.21. The Kier molecular flexibility index (Phi) is 6.21. The van der Waals surface area contributed by atoms with Gasteiger partial charge in [-0.05, 0) is 55.9 Å². The van der Waals surface area contributed by atoms with E-state index in [9.17, 15) is 9.18 Å². The van der Waals surface area contributed by atoms with Gasteiger partial charge in [-0.1, -0.05) is 25.1 Å². The summed E-state index contributed by atoms with van der Waals surface area (Å²) in [5.74, 6) is -0.463. The van der Waals surface area contributed by atoms with Crippen molar-refractivity contribution in [2.24, 2.45) is 0 Å². The quantitative estimate of drug-likeness (QED) is 0.853. The Morgan fingerprint density at radius 3 is 2.85 bits per heavy atom. The third-order valence-corrected chi connectivity index (χ3v) is 5.05. The second kappa shape index (κ2) is 8.79. The van der Waals surface area contributed by atoms with Crippen LogP contribution in [0.15, 0.2) is 42.6 Å². The summed E-state index contributed by atoms with van der Waals surface area (Å²) in [6, 6.07) is 10.9. The third-order valence-electron chi connectivity index (χ3n) is 5.05. The lowest BCUT2D eigenvalue weighted by Crippen LogP contribution is -2.39. The number of carbonyl (C=O) groups is 1. The first kappa shape index (κ1) is 18.4. The zero-order valence-corrected chi connectivity index (χ0v) is 15.2. The number of rotatable bonds is 6. The van der Waals surface area contributed by atoms with E-state index in [-0.39, 0.29) is 11.7 Å². The fraction of sp³-hybridized carbons (Fsp3) is 0.429. The number of benzene rings is 1. The summed E-state index contributed by atoms with van der Waals surface area (Å²) in [5.41, 5.74) is 2.08. The second-order valence-corrected chi connectivity index (χ2v) is 6.75. The van der Waals surface area contributed by atoms with Crippen molar-refractivity contribution in [3.05, 3.63) is 59.7 Å². The number of anilines is 1. The first-order chi connectivity index (χ1) is 12.7. The molecule has 1 amide bonds. The molecule has 1 N–H and O–H groups in total. The summed E-state index contributed by atoms with van der Waals surface area (Å²) < 4.78 is 13.6. The van der Waals surface area contributed by atoms with Gasteiger partial charge in [0.15, 0.2) is 0 Å². The van der Waals surface area contributed by atoms with Crippen molar-refractivity contribution in [1.82, 2.24) is 10.3 Å². The predicted molar refractivity (Wildman–Crippen MR) is 102 cm³/mol. The Balaban J connectivity index is 1.56. The van der Waals surface area contributed by atoms with Crippen molar-refractivity contribution < 1.29 is 9.18 Å². The number of nitrogens with one attached hydrogen (secondary N) is 1. The van der Waals surface area contributed by atoms with Gasteiger partial charge >= 0.3 is 0 Å². The summed E-state index contributed by atoms with van der Waals surface area (Å²) in [6.07, 6.45) is 7.08. The molecule has 5 heteroatoms. The molecular weight excluding hydrogens is 329 g/mol. The van der Waals surface area contributed by atoms with Gasteiger partial charge in [-0.3, -0.25) is 4.79 Å². The van der Waals surface area contributed by atoms with E-state index in [0.717, 1.165) is 18.7 Å². The van der Waals surface area contributed by atoms with Crippen molar-refractivity contribution >= 4 is 11.6 Å². The van der Waals surface area contributed by atoms with Gasteiger partial charge in [-0.25, -0.2) is 9.37 Å². The van der Waals surface area contributed by atoms with Gasteiger partial charge in [0.1, 0.15) is 11.5 Å². The standard InChI is InChI=1S/C21H26FN3O/c1-2-17-8-5-6-14-25(17)18-10-11-20(24-15-18)21(26)23-13-12-16-7-3-4-9-19(16)22/h3-4,7,9-11,15,17H,2,5-6,8,12-14H2,1H3,(H,23,26). The van der Waals surface area contributed by atoms with Crippen LogP contribution in [0.1, 0.15) is 48.7 Å². The minimum atomic E-state index is -0.240. The monoisotopic (exact) mass is 355 g/mol. The van der Waals surface area contributed by atoms with Crippen LogP contribution in [0.4, 0.5) is 10.1 Å². The zero-order valence-electron chi connectivity index (χ0n) is 15.2. The van der Waals surface area contributed by atoms with Crippen LogP contribution in [0.25, 0.3) is 0 Å². The molecule has 1 aromatic heterocycles. The normalized spacial score (nSPS) is 17.2. The summed E-state index contributed by atoms with van der Waals surface area (Å²) in [7, 11) is 0. The molecule has 3 rings (SSSR count). The van der Waals surface area contributed by atoms with Crippen LogP contribution in [0.2, 0.25) is 0 Å². The van der Waals surface area contributed by atoms with Gasteiger partial charge in [-0.2, -0.15) is 0 Å². The molecule has 26 heavy (non-hydrogen) atoms. The molecule has 0 radical (unpaired) electrons. The fourth-order valence-corrected chi connectivity index (χ4v) is 3.56. The molecule has 1 saturated heterocycles. The molecular formula is C21H26FN3O. The number of aromatic nitrogens is 1. The second-order valence-electron chi connectivity index (χ2n) is 6.75. The molecule has 4 nitrogen and oxygen atoms in total. The van der Waals surface area contributed by atoms with Crippen molar-refractivity contribution in [1.29, 1.82) is 0 Å². The Hall–Kier alpha value is -2.43. The molecule has 1 aromatic carbocycles. The molecule has 138 valence electrons. The average Bonchev–Trinajstić information content (AvgIpc) is 2.69. The Bertz CT molecular complexity index is 732. The van der Waals surface area contributed by atoms with Crippen LogP contribution in [0.3, 0.4) is 0 Å². The molecule has 0 bridgehead atoms. The largest absolute Gasteiger partial charge is 0.367 e. The van der Waals surface area contributed by atoms with Gasteiger partial charge in [0, 0.05) is 19.1 Å². The lowest BCUT2D eigenvalue weighted by molar-refractivity contribution is 0.0949. The summed E-state index contributed by atoms with van der Waals surface area (Å²) in [5, 5.41) is 2.81. The first-order valence-corrected chi connectivity index (χ1v) is 9.43. The Morgan fingerprint density at radius 1 is 1.27 bits per heavy atom. The minimum absolute atomic E-state index is 0.224. The van der Waals surface area contributed by atoms with Gasteiger partial charge in [0.05, 0.1) is 11.9 Å². The maximum absolute atomic E-state index is 13.6. The highest BCUT2D eigenvalue weighted by molar-refractivity contribution is 5.92. The molecule has 0 spiro atoms. The lowest BCUT2D eigenvalue weighted by atomic mass is 9.99. The number of halogens is 1. The average molecular weight is 355 g/mol. The number of carbonyl (C=O) groups excluding carboxylic acids is 1. The molecule has 0 saturated carbocycles. The third kappa shape index (κ3) is 4.40. The molecule has 1 unspecified atom stereocenters. The predicted octanol–water partition coefficient (Wildman–Crippen LogP) is 3.96. The zero-order chi connectivity index (χ0) is 18.4. The van der Waals surface area contributed by atoms with E-state index >= 15 is 0 Å². The number of piperidine rings is 1. The molecule has 1 aliphatic rings. The Labute approximate surface area is 154 Å². The topological polar surface area (TPSA) is 45.2 Å². The maximum Gasteiger partial charge on any atom is 0.269 e. The van der Waals surface area contributed by atoms with Crippen molar-refractivity contribution in [3.63, 3.8) is 0 Å². The van der Waals surface area contributed by atoms with Crippen molar-refractivity contribution in [2.75, 3.05) is 18.0 Å².